The van der Waals surface area contributed by atoms with Gasteiger partial charge in [-0.05, 0) is 13.0 Å². The van der Waals surface area contributed by atoms with Crippen LogP contribution in [0.15, 0.2) is 22.4 Å². The molecule has 3 aliphatic rings. The maximum atomic E-state index is 13.1. The number of hydrogen-bond acceptors (Lipinski definition) is 8. The fourth-order valence-electron chi connectivity index (χ4n) is 4.27. The minimum Gasteiger partial charge on any atom is -0.379 e. The Morgan fingerprint density at radius 1 is 1.35 bits per heavy atom. The van der Waals surface area contributed by atoms with E-state index in [-0.39, 0.29) is 62.7 Å². The molecule has 0 aliphatic carbocycles. The number of carbonyl (C=O) groups excluding carboxylic acids is 3. The molecule has 0 saturated carbocycles. The molecule has 1 fully saturated rings. The topological polar surface area (TPSA) is 120 Å². The van der Waals surface area contributed by atoms with E-state index in [2.05, 4.69) is 20.5 Å². The first-order valence-electron chi connectivity index (χ1n) is 11.5. The van der Waals surface area contributed by atoms with E-state index >= 15 is 0 Å². The van der Waals surface area contributed by atoms with Gasteiger partial charge in [0.25, 0.3) is 11.8 Å². The van der Waals surface area contributed by atoms with Crippen LogP contribution in [0.1, 0.15) is 18.9 Å². The summed E-state index contributed by atoms with van der Waals surface area (Å²) in [5, 5.41) is 2.73. The van der Waals surface area contributed by atoms with Gasteiger partial charge in [-0.2, -0.15) is 18.3 Å². The van der Waals surface area contributed by atoms with Crippen LogP contribution in [-0.2, 0) is 25.3 Å². The number of piperazine rings is 1. The number of halogens is 4. The second-order valence-electron chi connectivity index (χ2n) is 8.84. The summed E-state index contributed by atoms with van der Waals surface area (Å²) in [6, 6.07) is -0.151. The number of likely N-dealkylation sites (N-methyl/N-ethyl adjacent to an activating group) is 1. The molecule has 0 spiro atoms. The van der Waals surface area contributed by atoms with E-state index in [0.29, 0.717) is 5.71 Å². The Bertz CT molecular complexity index is 1150. The van der Waals surface area contributed by atoms with Crippen LogP contribution in [0.2, 0.25) is 0 Å². The van der Waals surface area contributed by atoms with Gasteiger partial charge >= 0.3 is 6.18 Å². The maximum Gasteiger partial charge on any atom is 0.417 e. The number of alkyl halides is 4. The van der Waals surface area contributed by atoms with E-state index in [9.17, 15) is 27.6 Å². The molecule has 3 amide bonds. The lowest BCUT2D eigenvalue weighted by atomic mass is 10.0. The Labute approximate surface area is 215 Å². The van der Waals surface area contributed by atoms with Crippen LogP contribution in [0.5, 0.6) is 0 Å². The molecule has 1 N–H and O–H groups in total. The average Bonchev–Trinajstić information content (AvgIpc) is 2.86. The largest absolute Gasteiger partial charge is 0.417 e. The molecule has 0 bridgehead atoms. The third kappa shape index (κ3) is 5.69. The molecular weight excluding hydrogens is 519 g/mol. The molecule has 4 rings (SSSR count). The lowest BCUT2D eigenvalue weighted by Crippen LogP contribution is -2.63. The van der Waals surface area contributed by atoms with E-state index in [1.165, 1.54) is 13.3 Å². The summed E-state index contributed by atoms with van der Waals surface area (Å²) >= 11 is 5.98. The fraction of sp³-hybridized carbons (Fsp3) is 0.545. The zero-order valence-corrected chi connectivity index (χ0v) is 20.8. The van der Waals surface area contributed by atoms with E-state index in [1.807, 2.05) is 0 Å². The molecule has 4 heterocycles. The number of hydrogen-bond donors (Lipinski definition) is 1. The van der Waals surface area contributed by atoms with Crippen molar-refractivity contribution in [2.75, 3.05) is 49.7 Å². The number of aromatic nitrogens is 1. The smallest absolute Gasteiger partial charge is 0.379 e. The molecule has 3 atom stereocenters. The van der Waals surface area contributed by atoms with Crippen molar-refractivity contribution >= 4 is 52.8 Å². The lowest BCUT2D eigenvalue weighted by molar-refractivity contribution is -0.138. The summed E-state index contributed by atoms with van der Waals surface area (Å²) in [5.41, 5.74) is 1.72. The molecule has 3 aliphatic heterocycles. The second kappa shape index (κ2) is 10.6. The molecule has 0 aromatic carbocycles. The quantitative estimate of drug-likeness (QED) is 0.423. The predicted molar refractivity (Wildman–Crippen MR) is 129 cm³/mol. The molecule has 1 saturated heterocycles. The molecule has 15 heteroatoms. The predicted octanol–water partition coefficient (Wildman–Crippen LogP) is 1.05. The molecular formula is C22H25ClF3N7O4. The van der Waals surface area contributed by atoms with Gasteiger partial charge in [0.1, 0.15) is 6.04 Å². The van der Waals surface area contributed by atoms with Crippen LogP contribution < -0.4 is 15.2 Å². The molecule has 0 radical (unpaired) electrons. The number of nitrogens with zero attached hydrogens (tertiary/aromatic N) is 6. The van der Waals surface area contributed by atoms with E-state index in [1.54, 1.807) is 16.7 Å². The van der Waals surface area contributed by atoms with Crippen molar-refractivity contribution in [3.63, 3.8) is 0 Å². The Kier molecular flexibility index (Phi) is 7.69. The second-order valence-corrected chi connectivity index (χ2v) is 9.27. The Balaban J connectivity index is 1.30. The SMILES string of the molecule is C[C@@H](COCCC(=O)N1CCN2c3ncc(C(F)(F)F)cc3N(C)C(=O)[C@@H]2C1)N=C1C=NNC(=O)C1Cl. The first-order valence-corrected chi connectivity index (χ1v) is 11.9. The number of anilines is 2. The Morgan fingerprint density at radius 3 is 2.84 bits per heavy atom. The molecule has 1 unspecified atom stereocenters. The number of aliphatic imine (C=N–C) groups is 1. The first-order chi connectivity index (χ1) is 17.5. The summed E-state index contributed by atoms with van der Waals surface area (Å²) in [6.45, 7) is 2.72. The monoisotopic (exact) mass is 543 g/mol. The number of amides is 3. The molecule has 11 nitrogen and oxygen atoms in total. The fourth-order valence-corrected chi connectivity index (χ4v) is 4.43. The highest BCUT2D eigenvalue weighted by Gasteiger charge is 2.43. The van der Waals surface area contributed by atoms with Gasteiger partial charge in [0, 0.05) is 26.3 Å². The van der Waals surface area contributed by atoms with Gasteiger partial charge < -0.3 is 19.4 Å². The Hall–Kier alpha value is -3.26. The highest BCUT2D eigenvalue weighted by molar-refractivity contribution is 6.54. The minimum absolute atomic E-state index is 0.0752. The van der Waals surface area contributed by atoms with Crippen molar-refractivity contribution in [2.45, 2.75) is 37.0 Å². The van der Waals surface area contributed by atoms with Gasteiger partial charge in [-0.25, -0.2) is 10.4 Å². The average molecular weight is 544 g/mol. The van der Waals surface area contributed by atoms with Gasteiger partial charge in [0.15, 0.2) is 11.2 Å². The summed E-state index contributed by atoms with van der Waals surface area (Å²) in [7, 11) is 1.40. The van der Waals surface area contributed by atoms with Crippen LogP contribution >= 0.6 is 11.6 Å². The van der Waals surface area contributed by atoms with Crippen molar-refractivity contribution in [1.82, 2.24) is 15.3 Å². The zero-order chi connectivity index (χ0) is 26.9. The maximum absolute atomic E-state index is 13.1. The standard InChI is InChI=1S/C22H25ClF3N7O4/c1-12(29-14-9-28-30-20(35)18(14)23)11-37-6-3-17(34)32-4-5-33-16(10-32)21(36)31(2)15-7-13(22(24,25)26)8-27-19(15)33/h7-9,12,16,18H,3-6,10-11H2,1-2H3,(H,30,35)/t12-,16-,18?/m0/s1. The van der Waals surface area contributed by atoms with E-state index in [0.717, 1.165) is 17.2 Å². The van der Waals surface area contributed by atoms with Gasteiger partial charge in [-0.15, -0.1) is 11.6 Å². The Morgan fingerprint density at radius 2 is 2.11 bits per heavy atom. The number of nitrogens with one attached hydrogen (secondary N) is 1. The number of carbonyl (C=O) groups is 3. The van der Waals surface area contributed by atoms with Gasteiger partial charge in [0.05, 0.1) is 55.4 Å². The number of rotatable bonds is 6. The van der Waals surface area contributed by atoms with Crippen LogP contribution in [0.3, 0.4) is 0 Å². The molecule has 37 heavy (non-hydrogen) atoms. The summed E-state index contributed by atoms with van der Waals surface area (Å²) in [6.07, 6.45) is -2.38. The van der Waals surface area contributed by atoms with Crippen molar-refractivity contribution < 1.29 is 32.3 Å². The van der Waals surface area contributed by atoms with E-state index < -0.39 is 35.0 Å². The van der Waals surface area contributed by atoms with Crippen LogP contribution in [0, 0.1) is 0 Å². The normalized spacial score (nSPS) is 23.6. The highest BCUT2D eigenvalue weighted by Crippen LogP contribution is 2.39. The summed E-state index contributed by atoms with van der Waals surface area (Å²) in [4.78, 5) is 49.9. The van der Waals surface area contributed by atoms with E-state index in [4.69, 9.17) is 16.3 Å². The van der Waals surface area contributed by atoms with Crippen molar-refractivity contribution in [1.29, 1.82) is 0 Å². The molecule has 1 aromatic rings. The van der Waals surface area contributed by atoms with Crippen molar-refractivity contribution in [3.8, 4) is 0 Å². The van der Waals surface area contributed by atoms with Crippen molar-refractivity contribution in [2.24, 2.45) is 10.1 Å². The summed E-state index contributed by atoms with van der Waals surface area (Å²) in [5.74, 6) is -0.800. The first kappa shape index (κ1) is 26.8. The van der Waals surface area contributed by atoms with Gasteiger partial charge in [-0.1, -0.05) is 0 Å². The zero-order valence-electron chi connectivity index (χ0n) is 20.0. The van der Waals surface area contributed by atoms with Gasteiger partial charge in [-0.3, -0.25) is 19.4 Å². The van der Waals surface area contributed by atoms with Crippen LogP contribution in [-0.4, -0.2) is 96.9 Å². The lowest BCUT2D eigenvalue weighted by Gasteiger charge is -2.46. The number of fused-ring (bicyclic) bond motifs is 3. The number of ether oxygens (including phenoxy) is 1. The van der Waals surface area contributed by atoms with Crippen LogP contribution in [0.25, 0.3) is 0 Å². The molecule has 1 aromatic heterocycles. The molecule has 200 valence electrons. The summed E-state index contributed by atoms with van der Waals surface area (Å²) < 4.78 is 44.9. The highest BCUT2D eigenvalue weighted by atomic mass is 35.5. The third-order valence-electron chi connectivity index (χ3n) is 6.21. The number of pyridine rings is 1. The minimum atomic E-state index is -4.58. The van der Waals surface area contributed by atoms with Crippen LogP contribution in [0.4, 0.5) is 24.7 Å². The number of hydrazone groups is 1. The van der Waals surface area contributed by atoms with Gasteiger partial charge in [0.2, 0.25) is 5.91 Å². The van der Waals surface area contributed by atoms with Crippen molar-refractivity contribution in [3.05, 3.63) is 17.8 Å². The third-order valence-corrected chi connectivity index (χ3v) is 6.63.